The number of alkyl halides is 1. The van der Waals surface area contributed by atoms with Crippen molar-refractivity contribution in [2.75, 3.05) is 13.4 Å². The maximum Gasteiger partial charge on any atom is 0.358 e. The molecule has 1 amide bonds. The van der Waals surface area contributed by atoms with E-state index in [9.17, 15) is 18.4 Å². The van der Waals surface area contributed by atoms with Gasteiger partial charge in [-0.2, -0.15) is 0 Å². The number of benzene rings is 1. The summed E-state index contributed by atoms with van der Waals surface area (Å²) in [6.07, 6.45) is 1.23. The number of carbonyl (C=O) groups excluding carboxylic acids is 2. The average Bonchev–Trinajstić information content (AvgIpc) is 2.89. The van der Waals surface area contributed by atoms with Gasteiger partial charge in [-0.3, -0.25) is 9.36 Å². The molecule has 0 unspecified atom stereocenters. The van der Waals surface area contributed by atoms with Crippen molar-refractivity contribution in [3.63, 3.8) is 0 Å². The average molecular weight is 322 g/mol. The molecule has 6 nitrogen and oxygen atoms in total. The third kappa shape index (κ3) is 2.45. The molecule has 1 aromatic heterocycles. The highest BCUT2D eigenvalue weighted by molar-refractivity contribution is 5.99. The van der Waals surface area contributed by atoms with Crippen LogP contribution in [-0.4, -0.2) is 39.7 Å². The van der Waals surface area contributed by atoms with E-state index in [1.807, 2.05) is 0 Å². The van der Waals surface area contributed by atoms with E-state index in [1.54, 1.807) is 6.92 Å². The van der Waals surface area contributed by atoms with Gasteiger partial charge in [0, 0.05) is 0 Å². The Morgan fingerprint density at radius 2 is 2.30 bits per heavy atom. The van der Waals surface area contributed by atoms with E-state index in [-0.39, 0.29) is 34.1 Å². The Morgan fingerprint density at radius 3 is 3.00 bits per heavy atom. The predicted molar refractivity (Wildman–Crippen MR) is 75.3 cm³/mol. The van der Waals surface area contributed by atoms with Crippen LogP contribution in [0.5, 0.6) is 0 Å². The first-order valence-corrected chi connectivity index (χ1v) is 6.78. The molecule has 2 heterocycles. The number of fused-ring (bicyclic) bond motifs is 3. The summed E-state index contributed by atoms with van der Waals surface area (Å²) >= 11 is 0. The van der Waals surface area contributed by atoms with Gasteiger partial charge in [-0.05, 0) is 25.1 Å². The first kappa shape index (κ1) is 12.7. The number of rotatable bonds is 3. The molecule has 0 saturated heterocycles. The molecule has 0 radical (unpaired) electrons. The number of esters is 1. The molecule has 1 aliphatic heterocycles. The summed E-state index contributed by atoms with van der Waals surface area (Å²) in [5.74, 6) is -2.56. The van der Waals surface area contributed by atoms with Crippen molar-refractivity contribution in [2.24, 2.45) is 0 Å². The topological polar surface area (TPSA) is 64.4 Å². The molecule has 8 heteroatoms. The zero-order valence-electron chi connectivity index (χ0n) is 14.0. The number of imidazole rings is 1. The molecule has 3 rings (SSSR count). The molecule has 0 fully saturated rings. The maximum atomic E-state index is 14.0. The molecule has 0 spiro atoms. The van der Waals surface area contributed by atoms with Crippen molar-refractivity contribution in [3.05, 3.63) is 47.3 Å². The van der Waals surface area contributed by atoms with Crippen LogP contribution in [0.25, 0.3) is 5.69 Å². The van der Waals surface area contributed by atoms with Gasteiger partial charge in [0.2, 0.25) is 0 Å². The Hall–Kier alpha value is -2.77. The highest BCUT2D eigenvalue weighted by Gasteiger charge is 2.30. The van der Waals surface area contributed by atoms with E-state index in [2.05, 4.69) is 4.98 Å². The van der Waals surface area contributed by atoms with E-state index in [0.29, 0.717) is 0 Å². The number of halogens is 2. The highest BCUT2D eigenvalue weighted by atomic mass is 19.1. The molecular formula is C15H13F2N3O3. The normalized spacial score (nSPS) is 15.3. The monoisotopic (exact) mass is 322 g/mol. The Bertz CT molecular complexity index is 864. The van der Waals surface area contributed by atoms with Gasteiger partial charge in [-0.15, -0.1) is 0 Å². The fraction of sp³-hybridized carbons (Fsp3) is 0.267. The van der Waals surface area contributed by atoms with Crippen molar-refractivity contribution >= 4 is 11.9 Å². The first-order chi connectivity index (χ1) is 11.7. The van der Waals surface area contributed by atoms with E-state index in [4.69, 9.17) is 7.48 Å². The van der Waals surface area contributed by atoms with Crippen molar-refractivity contribution < 1.29 is 25.8 Å². The van der Waals surface area contributed by atoms with Crippen molar-refractivity contribution in [2.45, 2.75) is 13.5 Å². The molecule has 0 bridgehead atoms. The van der Waals surface area contributed by atoms with Crippen LogP contribution in [0.15, 0.2) is 24.5 Å². The van der Waals surface area contributed by atoms with Crippen LogP contribution in [0.1, 0.15) is 36.2 Å². The van der Waals surface area contributed by atoms with E-state index in [1.165, 1.54) is 17.0 Å². The second-order valence-electron chi connectivity index (χ2n) is 4.77. The quantitative estimate of drug-likeness (QED) is 0.641. The fourth-order valence-corrected chi connectivity index (χ4v) is 2.43. The van der Waals surface area contributed by atoms with E-state index >= 15 is 0 Å². The third-order valence-electron chi connectivity index (χ3n) is 3.44. The zero-order valence-corrected chi connectivity index (χ0v) is 12.0. The zero-order chi connectivity index (χ0) is 18.4. The van der Waals surface area contributed by atoms with Gasteiger partial charge in [0.05, 0.1) is 32.8 Å². The molecule has 120 valence electrons. The highest BCUT2D eigenvalue weighted by Crippen LogP contribution is 2.27. The van der Waals surface area contributed by atoms with Crippen molar-refractivity contribution in [1.82, 2.24) is 14.5 Å². The summed E-state index contributed by atoms with van der Waals surface area (Å²) in [4.78, 5) is 28.8. The number of aromatic nitrogens is 2. The lowest BCUT2D eigenvalue weighted by atomic mass is 10.1. The minimum atomic E-state index is -3.52. The van der Waals surface area contributed by atoms with Gasteiger partial charge < -0.3 is 9.64 Å². The second-order valence-corrected chi connectivity index (χ2v) is 4.77. The molecule has 0 saturated carbocycles. The lowest BCUT2D eigenvalue weighted by Gasteiger charge is -2.16. The van der Waals surface area contributed by atoms with Crippen LogP contribution < -0.4 is 0 Å². The Morgan fingerprint density at radius 1 is 1.52 bits per heavy atom. The molecule has 0 aliphatic carbocycles. The third-order valence-corrected chi connectivity index (χ3v) is 3.44. The van der Waals surface area contributed by atoms with Crippen LogP contribution in [0, 0.1) is 5.82 Å². The Kier molecular flexibility index (Phi) is 3.21. The molecule has 0 N–H and O–H groups in total. The summed E-state index contributed by atoms with van der Waals surface area (Å²) in [6, 6.07) is 3.26. The standard InChI is InChI=1S/C15H13F2N3O3/c1-2-23-15(22)13-12-6-19(7-16)14(21)10-5-9(17)3-4-11(10)20(12)8-18-13/h3-5,8H,2,6-7H2,1H3/i7D2,16-1. The van der Waals surface area contributed by atoms with Crippen LogP contribution in [0.4, 0.5) is 8.78 Å². The number of amides is 1. The lowest BCUT2D eigenvalue weighted by molar-refractivity contribution is 0.0511. The predicted octanol–water partition coefficient (Wildman–Crippen LogP) is 2.07. The number of hydrogen-bond acceptors (Lipinski definition) is 4. The minimum absolute atomic E-state index is 0.0682. The number of carbonyl (C=O) groups is 2. The maximum absolute atomic E-state index is 14.0. The van der Waals surface area contributed by atoms with Gasteiger partial charge in [0.15, 0.2) is 12.4 Å². The van der Waals surface area contributed by atoms with Gasteiger partial charge in [-0.1, -0.05) is 0 Å². The molecule has 23 heavy (non-hydrogen) atoms. The number of ether oxygens (including phenoxy) is 1. The Balaban J connectivity index is 2.24. The van der Waals surface area contributed by atoms with Gasteiger partial charge in [0.25, 0.3) is 5.91 Å². The van der Waals surface area contributed by atoms with Crippen molar-refractivity contribution in [3.8, 4) is 5.69 Å². The summed E-state index contributed by atoms with van der Waals surface area (Å²) in [5, 5.41) is 0. The first-order valence-electron chi connectivity index (χ1n) is 7.78. The molecular weight excluding hydrogens is 307 g/mol. The van der Waals surface area contributed by atoms with E-state index in [0.717, 1.165) is 12.1 Å². The largest absolute Gasteiger partial charge is 0.461 e. The van der Waals surface area contributed by atoms with Crippen LogP contribution in [0.2, 0.25) is 0 Å². The van der Waals surface area contributed by atoms with Crippen LogP contribution in [0.3, 0.4) is 0 Å². The Labute approximate surface area is 133 Å². The number of nitrogens with zero attached hydrogens (tertiary/aromatic N) is 3. The molecule has 2 aromatic rings. The van der Waals surface area contributed by atoms with E-state index < -0.39 is 31.0 Å². The van der Waals surface area contributed by atoms with Gasteiger partial charge in [0.1, 0.15) is 12.1 Å². The lowest BCUT2D eigenvalue weighted by Crippen LogP contribution is -2.29. The summed E-state index contributed by atoms with van der Waals surface area (Å²) in [5.41, 5.74) is -0.177. The fourth-order valence-electron chi connectivity index (χ4n) is 2.43. The minimum Gasteiger partial charge on any atom is -0.461 e. The van der Waals surface area contributed by atoms with Crippen LogP contribution >= 0.6 is 0 Å². The molecule has 0 atom stereocenters. The van der Waals surface area contributed by atoms with Gasteiger partial charge in [-0.25, -0.2) is 18.6 Å². The van der Waals surface area contributed by atoms with Crippen molar-refractivity contribution in [1.29, 1.82) is 0 Å². The van der Waals surface area contributed by atoms with Crippen LogP contribution in [-0.2, 0) is 11.3 Å². The second kappa shape index (κ2) is 5.79. The van der Waals surface area contributed by atoms with Gasteiger partial charge >= 0.3 is 5.97 Å². The molecule has 1 aromatic carbocycles. The smallest absolute Gasteiger partial charge is 0.358 e. The number of hydrogen-bond donors (Lipinski definition) is 0. The summed E-state index contributed by atoms with van der Waals surface area (Å²) < 4.78 is 48.3. The summed E-state index contributed by atoms with van der Waals surface area (Å²) in [6.45, 7) is -2.42. The molecule has 1 aliphatic rings. The SMILES string of the molecule is [2H]C([2H])([18F])N1Cc2c(C(=O)OCC)ncn2-c2ccc(F)cc2C1=O. The summed E-state index contributed by atoms with van der Waals surface area (Å²) in [7, 11) is 0.